The van der Waals surface area contributed by atoms with E-state index in [9.17, 15) is 0 Å². The summed E-state index contributed by atoms with van der Waals surface area (Å²) in [7, 11) is 1.71. The van der Waals surface area contributed by atoms with Gasteiger partial charge >= 0.3 is 0 Å². The van der Waals surface area contributed by atoms with E-state index in [0.717, 1.165) is 18.7 Å². The van der Waals surface area contributed by atoms with Gasteiger partial charge in [-0.3, -0.25) is 0 Å². The van der Waals surface area contributed by atoms with E-state index in [1.807, 2.05) is 6.07 Å². The van der Waals surface area contributed by atoms with E-state index in [0.29, 0.717) is 6.04 Å². The maximum atomic E-state index is 5.29. The molecule has 0 fully saturated rings. The number of likely N-dealkylation sites (N-methyl/N-ethyl adjacent to an activating group) is 1. The Morgan fingerprint density at radius 3 is 2.72 bits per heavy atom. The number of ether oxygens (including phenoxy) is 1. The van der Waals surface area contributed by atoms with Crippen LogP contribution in [0.3, 0.4) is 0 Å². The van der Waals surface area contributed by atoms with Crippen LogP contribution < -0.4 is 10.1 Å². The first-order valence-corrected chi connectivity index (χ1v) is 7.56. The predicted molar refractivity (Wildman–Crippen MR) is 81.4 cm³/mol. The third-order valence-electron chi connectivity index (χ3n) is 3.12. The molecular weight excluding hydrogens is 290 g/mol. The van der Waals surface area contributed by atoms with Crippen molar-refractivity contribution in [2.45, 2.75) is 45.6 Å². The number of hydrogen-bond donors (Lipinski definition) is 1. The molecular formula is C15H24BrNO. The predicted octanol–water partition coefficient (Wildman–Crippen LogP) is 4.17. The van der Waals surface area contributed by atoms with Gasteiger partial charge in [-0.1, -0.05) is 42.6 Å². The van der Waals surface area contributed by atoms with Crippen LogP contribution in [0.5, 0.6) is 5.75 Å². The Hall–Kier alpha value is -0.540. The van der Waals surface area contributed by atoms with Gasteiger partial charge in [-0.2, -0.15) is 0 Å². The Bertz CT molecular complexity index is 354. The standard InChI is InChI=1S/C15H24BrNO/c1-4-6-7-13(17-5-2)10-12-11-14(18-3)8-9-15(12)16/h8-9,11,13,17H,4-7,10H2,1-3H3. The summed E-state index contributed by atoms with van der Waals surface area (Å²) < 4.78 is 6.46. The second-order valence-electron chi connectivity index (χ2n) is 4.56. The van der Waals surface area contributed by atoms with Gasteiger partial charge in [-0.25, -0.2) is 0 Å². The lowest BCUT2D eigenvalue weighted by molar-refractivity contribution is 0.413. The number of rotatable bonds is 8. The lowest BCUT2D eigenvalue weighted by Crippen LogP contribution is -2.31. The lowest BCUT2D eigenvalue weighted by atomic mass is 10.0. The Balaban J connectivity index is 2.72. The van der Waals surface area contributed by atoms with Crippen molar-refractivity contribution < 1.29 is 4.74 Å². The van der Waals surface area contributed by atoms with Gasteiger partial charge in [0.25, 0.3) is 0 Å². The van der Waals surface area contributed by atoms with Crippen LogP contribution in [0.15, 0.2) is 22.7 Å². The van der Waals surface area contributed by atoms with Crippen LogP contribution in [0.2, 0.25) is 0 Å². The van der Waals surface area contributed by atoms with Gasteiger partial charge in [-0.15, -0.1) is 0 Å². The minimum atomic E-state index is 0.554. The van der Waals surface area contributed by atoms with E-state index in [4.69, 9.17) is 4.74 Å². The summed E-state index contributed by atoms with van der Waals surface area (Å²) in [6.45, 7) is 5.43. The molecule has 0 saturated heterocycles. The molecule has 0 radical (unpaired) electrons. The number of nitrogens with one attached hydrogen (secondary N) is 1. The molecule has 0 bridgehead atoms. The topological polar surface area (TPSA) is 21.3 Å². The van der Waals surface area contributed by atoms with Crippen LogP contribution in [0.4, 0.5) is 0 Å². The summed E-state index contributed by atoms with van der Waals surface area (Å²) in [5.41, 5.74) is 1.32. The highest BCUT2D eigenvalue weighted by molar-refractivity contribution is 9.10. The molecule has 0 amide bonds. The first-order valence-electron chi connectivity index (χ1n) is 6.77. The summed E-state index contributed by atoms with van der Waals surface area (Å²) in [6, 6.07) is 6.73. The molecule has 1 atom stereocenters. The fourth-order valence-corrected chi connectivity index (χ4v) is 2.52. The quantitative estimate of drug-likeness (QED) is 0.777. The minimum absolute atomic E-state index is 0.554. The first kappa shape index (κ1) is 15.5. The highest BCUT2D eigenvalue weighted by Gasteiger charge is 2.11. The number of halogens is 1. The molecule has 0 spiro atoms. The summed E-state index contributed by atoms with van der Waals surface area (Å²) in [6.07, 6.45) is 4.81. The third kappa shape index (κ3) is 4.99. The van der Waals surface area contributed by atoms with Crippen molar-refractivity contribution in [3.8, 4) is 5.75 Å². The second kappa shape index (κ2) is 8.54. The van der Waals surface area contributed by atoms with Crippen molar-refractivity contribution in [3.63, 3.8) is 0 Å². The average molecular weight is 314 g/mol. The molecule has 0 aliphatic carbocycles. The van der Waals surface area contributed by atoms with Gasteiger partial charge in [0, 0.05) is 10.5 Å². The van der Waals surface area contributed by atoms with Crippen molar-refractivity contribution in [1.82, 2.24) is 5.32 Å². The van der Waals surface area contributed by atoms with Gasteiger partial charge < -0.3 is 10.1 Å². The number of hydrogen-bond acceptors (Lipinski definition) is 2. The van der Waals surface area contributed by atoms with E-state index < -0.39 is 0 Å². The number of unbranched alkanes of at least 4 members (excludes halogenated alkanes) is 1. The SMILES string of the molecule is CCCCC(Cc1cc(OC)ccc1Br)NCC. The van der Waals surface area contributed by atoms with Crippen LogP contribution in [0.1, 0.15) is 38.7 Å². The van der Waals surface area contributed by atoms with Crippen LogP contribution in [-0.4, -0.2) is 19.7 Å². The molecule has 0 aromatic heterocycles. The van der Waals surface area contributed by atoms with Crippen molar-refractivity contribution in [2.75, 3.05) is 13.7 Å². The maximum Gasteiger partial charge on any atom is 0.119 e. The molecule has 0 aliphatic rings. The van der Waals surface area contributed by atoms with E-state index in [1.54, 1.807) is 7.11 Å². The summed E-state index contributed by atoms with van der Waals surface area (Å²) in [5.74, 6) is 0.930. The maximum absolute atomic E-state index is 5.29. The Kier molecular flexibility index (Phi) is 7.36. The molecule has 0 saturated carbocycles. The van der Waals surface area contributed by atoms with Gasteiger partial charge in [-0.05, 0) is 43.1 Å². The van der Waals surface area contributed by atoms with E-state index >= 15 is 0 Å². The Labute approximate surface area is 119 Å². The zero-order valence-corrected chi connectivity index (χ0v) is 13.2. The van der Waals surface area contributed by atoms with E-state index in [2.05, 4.69) is 47.2 Å². The van der Waals surface area contributed by atoms with Crippen LogP contribution in [0.25, 0.3) is 0 Å². The molecule has 0 heterocycles. The van der Waals surface area contributed by atoms with Crippen molar-refractivity contribution >= 4 is 15.9 Å². The van der Waals surface area contributed by atoms with Gasteiger partial charge in [0.2, 0.25) is 0 Å². The van der Waals surface area contributed by atoms with Gasteiger partial charge in [0.15, 0.2) is 0 Å². The Morgan fingerprint density at radius 1 is 1.33 bits per heavy atom. The van der Waals surface area contributed by atoms with Crippen molar-refractivity contribution in [1.29, 1.82) is 0 Å². The molecule has 1 aromatic carbocycles. The Morgan fingerprint density at radius 2 is 2.11 bits per heavy atom. The van der Waals surface area contributed by atoms with E-state index in [1.165, 1.54) is 29.3 Å². The fraction of sp³-hybridized carbons (Fsp3) is 0.600. The molecule has 1 unspecified atom stereocenters. The molecule has 18 heavy (non-hydrogen) atoms. The highest BCUT2D eigenvalue weighted by Crippen LogP contribution is 2.24. The monoisotopic (exact) mass is 313 g/mol. The molecule has 2 nitrogen and oxygen atoms in total. The van der Waals surface area contributed by atoms with Crippen molar-refractivity contribution in [3.05, 3.63) is 28.2 Å². The van der Waals surface area contributed by atoms with Crippen LogP contribution in [0, 0.1) is 0 Å². The molecule has 1 rings (SSSR count). The van der Waals surface area contributed by atoms with Crippen molar-refractivity contribution in [2.24, 2.45) is 0 Å². The molecule has 0 aliphatic heterocycles. The smallest absolute Gasteiger partial charge is 0.119 e. The average Bonchev–Trinajstić information content (AvgIpc) is 2.38. The number of methoxy groups -OCH3 is 1. The highest BCUT2D eigenvalue weighted by atomic mass is 79.9. The lowest BCUT2D eigenvalue weighted by Gasteiger charge is -2.19. The summed E-state index contributed by atoms with van der Waals surface area (Å²) >= 11 is 3.62. The minimum Gasteiger partial charge on any atom is -0.497 e. The van der Waals surface area contributed by atoms with E-state index in [-0.39, 0.29) is 0 Å². The fourth-order valence-electron chi connectivity index (χ4n) is 2.12. The first-order chi connectivity index (χ1) is 8.71. The van der Waals surface area contributed by atoms with Crippen LogP contribution >= 0.6 is 15.9 Å². The largest absolute Gasteiger partial charge is 0.497 e. The summed E-state index contributed by atoms with van der Waals surface area (Å²) in [4.78, 5) is 0. The molecule has 1 aromatic rings. The summed E-state index contributed by atoms with van der Waals surface area (Å²) in [5, 5.41) is 3.57. The molecule has 1 N–H and O–H groups in total. The normalized spacial score (nSPS) is 12.4. The van der Waals surface area contributed by atoms with Gasteiger partial charge in [0.05, 0.1) is 7.11 Å². The number of benzene rings is 1. The second-order valence-corrected chi connectivity index (χ2v) is 5.41. The zero-order chi connectivity index (χ0) is 13.4. The third-order valence-corrected chi connectivity index (χ3v) is 3.89. The molecule has 102 valence electrons. The zero-order valence-electron chi connectivity index (χ0n) is 11.6. The van der Waals surface area contributed by atoms with Gasteiger partial charge in [0.1, 0.15) is 5.75 Å². The van der Waals surface area contributed by atoms with Crippen LogP contribution in [-0.2, 0) is 6.42 Å². The molecule has 3 heteroatoms.